The molecule has 1 aliphatic rings. The molecule has 7 nitrogen and oxygen atoms in total. The average molecular weight is 438 g/mol. The summed E-state index contributed by atoms with van der Waals surface area (Å²) in [7, 11) is 1.71. The van der Waals surface area contributed by atoms with Crippen LogP contribution >= 0.6 is 0 Å². The van der Waals surface area contributed by atoms with Crippen molar-refractivity contribution in [3.63, 3.8) is 0 Å². The lowest BCUT2D eigenvalue weighted by atomic mass is 10.1. The van der Waals surface area contributed by atoms with Crippen LogP contribution in [0.3, 0.4) is 0 Å². The molecule has 2 N–H and O–H groups in total. The lowest BCUT2D eigenvalue weighted by Crippen LogP contribution is -2.52. The topological polar surface area (TPSA) is 69.2 Å². The Labute approximate surface area is 191 Å². The highest BCUT2D eigenvalue weighted by atomic mass is 16.5. The summed E-state index contributed by atoms with van der Waals surface area (Å²) in [4.78, 5) is 21.0. The van der Waals surface area contributed by atoms with Gasteiger partial charge in [0.05, 0.1) is 12.6 Å². The third kappa shape index (κ3) is 7.27. The number of hydrogen-bond donors (Lipinski definition) is 2. The summed E-state index contributed by atoms with van der Waals surface area (Å²) >= 11 is 0. The molecule has 1 atom stereocenters. The zero-order valence-electron chi connectivity index (χ0n) is 19.2. The van der Waals surface area contributed by atoms with Gasteiger partial charge >= 0.3 is 0 Å². The highest BCUT2D eigenvalue weighted by molar-refractivity contribution is 5.86. The molecule has 1 amide bonds. The Morgan fingerprint density at radius 1 is 1.00 bits per heavy atom. The highest BCUT2D eigenvalue weighted by Crippen LogP contribution is 2.16. The van der Waals surface area contributed by atoms with E-state index in [1.807, 2.05) is 41.3 Å². The SMILES string of the molecule is CN=C(NCCCOC(C)c1ccccc1)NCC(=O)N1CCN(c2ccccc2)CC1. The molecule has 1 heterocycles. The summed E-state index contributed by atoms with van der Waals surface area (Å²) in [6.07, 6.45) is 0.932. The van der Waals surface area contributed by atoms with Crippen LogP contribution in [0.1, 0.15) is 25.0 Å². The minimum absolute atomic E-state index is 0.0774. The van der Waals surface area contributed by atoms with Gasteiger partial charge in [0.25, 0.3) is 0 Å². The highest BCUT2D eigenvalue weighted by Gasteiger charge is 2.21. The molecule has 32 heavy (non-hydrogen) atoms. The Hall–Kier alpha value is -3.06. The van der Waals surface area contributed by atoms with Crippen molar-refractivity contribution in [1.29, 1.82) is 0 Å². The summed E-state index contributed by atoms with van der Waals surface area (Å²) < 4.78 is 5.90. The second-order valence-electron chi connectivity index (χ2n) is 7.83. The van der Waals surface area contributed by atoms with Gasteiger partial charge in [-0.2, -0.15) is 0 Å². The van der Waals surface area contributed by atoms with Gasteiger partial charge in [-0.1, -0.05) is 48.5 Å². The first-order chi connectivity index (χ1) is 15.7. The number of guanidine groups is 1. The van der Waals surface area contributed by atoms with Crippen LogP contribution in [0.15, 0.2) is 65.7 Å². The quantitative estimate of drug-likeness (QED) is 0.359. The van der Waals surface area contributed by atoms with E-state index in [9.17, 15) is 4.79 Å². The normalized spacial score (nSPS) is 15.4. The summed E-state index contributed by atoms with van der Waals surface area (Å²) in [6, 6.07) is 20.6. The van der Waals surface area contributed by atoms with Gasteiger partial charge in [-0.15, -0.1) is 0 Å². The predicted octanol–water partition coefficient (Wildman–Crippen LogP) is 2.67. The molecule has 1 fully saturated rings. The van der Waals surface area contributed by atoms with Gasteiger partial charge in [-0.3, -0.25) is 9.79 Å². The van der Waals surface area contributed by atoms with E-state index in [1.165, 1.54) is 11.3 Å². The van der Waals surface area contributed by atoms with Crippen LogP contribution in [-0.2, 0) is 9.53 Å². The van der Waals surface area contributed by atoms with Crippen molar-refractivity contribution in [2.45, 2.75) is 19.4 Å². The molecule has 2 aromatic rings. The van der Waals surface area contributed by atoms with E-state index in [1.54, 1.807) is 7.05 Å². The first-order valence-electron chi connectivity index (χ1n) is 11.4. The lowest BCUT2D eigenvalue weighted by molar-refractivity contribution is -0.130. The third-order valence-electron chi connectivity index (χ3n) is 5.63. The zero-order chi connectivity index (χ0) is 22.6. The fourth-order valence-corrected chi connectivity index (χ4v) is 3.70. The van der Waals surface area contributed by atoms with Crippen LogP contribution in [0.4, 0.5) is 5.69 Å². The number of para-hydroxylation sites is 1. The van der Waals surface area contributed by atoms with Gasteiger partial charge in [0.15, 0.2) is 5.96 Å². The number of piperazine rings is 1. The molecule has 3 rings (SSSR count). The van der Waals surface area contributed by atoms with Gasteiger partial charge < -0.3 is 25.2 Å². The molecule has 1 saturated heterocycles. The third-order valence-corrected chi connectivity index (χ3v) is 5.63. The first-order valence-corrected chi connectivity index (χ1v) is 11.4. The number of benzene rings is 2. The number of carbonyl (C=O) groups excluding carboxylic acids is 1. The van der Waals surface area contributed by atoms with E-state index in [2.05, 4.69) is 51.7 Å². The van der Waals surface area contributed by atoms with Crippen molar-refractivity contribution in [1.82, 2.24) is 15.5 Å². The molecular weight excluding hydrogens is 402 g/mol. The van der Waals surface area contributed by atoms with Gasteiger partial charge in [0.2, 0.25) is 5.91 Å². The maximum atomic E-state index is 12.6. The van der Waals surface area contributed by atoms with Gasteiger partial charge in [-0.25, -0.2) is 0 Å². The molecule has 0 saturated carbocycles. The van der Waals surface area contributed by atoms with Gasteiger partial charge in [-0.05, 0) is 31.0 Å². The Balaban J connectivity index is 1.29. The van der Waals surface area contributed by atoms with Crippen molar-refractivity contribution < 1.29 is 9.53 Å². The van der Waals surface area contributed by atoms with E-state index < -0.39 is 0 Å². The molecule has 0 aliphatic carbocycles. The fraction of sp³-hybridized carbons (Fsp3) is 0.440. The van der Waals surface area contributed by atoms with Crippen LogP contribution in [0.5, 0.6) is 0 Å². The molecule has 7 heteroatoms. The minimum atomic E-state index is 0.0774. The van der Waals surface area contributed by atoms with Crippen molar-refractivity contribution in [2.75, 3.05) is 57.8 Å². The molecule has 1 aliphatic heterocycles. The molecule has 0 aromatic heterocycles. The standard InChI is InChI=1S/C25H35N5O2/c1-21(22-10-5-3-6-11-22)32-19-9-14-27-25(26-2)28-20-24(31)30-17-15-29(16-18-30)23-12-7-4-8-13-23/h3-8,10-13,21H,9,14-20H2,1-2H3,(H2,26,27,28). The first kappa shape index (κ1) is 23.6. The second-order valence-corrected chi connectivity index (χ2v) is 7.83. The lowest BCUT2D eigenvalue weighted by Gasteiger charge is -2.36. The Bertz CT molecular complexity index is 836. The molecule has 172 valence electrons. The summed E-state index contributed by atoms with van der Waals surface area (Å²) in [5, 5.41) is 6.38. The number of carbonyl (C=O) groups is 1. The number of anilines is 1. The largest absolute Gasteiger partial charge is 0.374 e. The molecular formula is C25H35N5O2. The van der Waals surface area contributed by atoms with Crippen LogP contribution in [0.2, 0.25) is 0 Å². The zero-order valence-corrected chi connectivity index (χ0v) is 19.2. The van der Waals surface area contributed by atoms with E-state index in [-0.39, 0.29) is 18.6 Å². The molecule has 0 bridgehead atoms. The van der Waals surface area contributed by atoms with Crippen LogP contribution in [-0.4, -0.2) is 69.7 Å². The van der Waals surface area contributed by atoms with Crippen LogP contribution in [0, 0.1) is 0 Å². The average Bonchev–Trinajstić information content (AvgIpc) is 2.86. The molecule has 2 aromatic carbocycles. The van der Waals surface area contributed by atoms with Crippen molar-refractivity contribution in [2.24, 2.45) is 4.99 Å². The Morgan fingerprint density at radius 2 is 1.66 bits per heavy atom. The van der Waals surface area contributed by atoms with Gasteiger partial charge in [0, 0.05) is 52.1 Å². The molecule has 0 radical (unpaired) electrons. The number of hydrogen-bond acceptors (Lipinski definition) is 4. The molecule has 0 spiro atoms. The van der Waals surface area contributed by atoms with Gasteiger partial charge in [0.1, 0.15) is 0 Å². The fourth-order valence-electron chi connectivity index (χ4n) is 3.70. The number of amides is 1. The number of rotatable bonds is 9. The van der Waals surface area contributed by atoms with Crippen molar-refractivity contribution in [3.05, 3.63) is 66.2 Å². The summed E-state index contributed by atoms with van der Waals surface area (Å²) in [6.45, 7) is 6.86. The van der Waals surface area contributed by atoms with E-state index in [0.717, 1.165) is 39.1 Å². The van der Waals surface area contributed by atoms with E-state index in [4.69, 9.17) is 4.74 Å². The predicted molar refractivity (Wildman–Crippen MR) is 130 cm³/mol. The monoisotopic (exact) mass is 437 g/mol. The Morgan fingerprint density at radius 3 is 2.31 bits per heavy atom. The number of nitrogens with one attached hydrogen (secondary N) is 2. The second kappa shape index (κ2) is 12.7. The van der Waals surface area contributed by atoms with E-state index >= 15 is 0 Å². The number of aliphatic imine (C=N–C) groups is 1. The molecule has 1 unspecified atom stereocenters. The minimum Gasteiger partial charge on any atom is -0.374 e. The number of ether oxygens (including phenoxy) is 1. The van der Waals surface area contributed by atoms with Crippen molar-refractivity contribution in [3.8, 4) is 0 Å². The van der Waals surface area contributed by atoms with E-state index in [0.29, 0.717) is 12.6 Å². The Kier molecular flexibility index (Phi) is 9.37. The summed E-state index contributed by atoms with van der Waals surface area (Å²) in [5.41, 5.74) is 2.39. The maximum absolute atomic E-state index is 12.6. The number of nitrogens with zero attached hydrogens (tertiary/aromatic N) is 3. The maximum Gasteiger partial charge on any atom is 0.242 e. The van der Waals surface area contributed by atoms with Crippen LogP contribution < -0.4 is 15.5 Å². The van der Waals surface area contributed by atoms with Crippen molar-refractivity contribution >= 4 is 17.6 Å². The summed E-state index contributed by atoms with van der Waals surface area (Å²) in [5.74, 6) is 0.734. The van der Waals surface area contributed by atoms with Crippen LogP contribution in [0.25, 0.3) is 0 Å². The smallest absolute Gasteiger partial charge is 0.242 e.